The van der Waals surface area contributed by atoms with Crippen LogP contribution in [0.1, 0.15) is 30.9 Å². The number of halogens is 3. The van der Waals surface area contributed by atoms with Crippen molar-refractivity contribution in [3.63, 3.8) is 0 Å². The highest BCUT2D eigenvalue weighted by molar-refractivity contribution is 6.20. The average molecular weight is 219 g/mol. The van der Waals surface area contributed by atoms with Crippen molar-refractivity contribution in [2.24, 2.45) is 0 Å². The van der Waals surface area contributed by atoms with Gasteiger partial charge in [-0.1, -0.05) is 13.0 Å². The molecule has 0 aliphatic carbocycles. The van der Waals surface area contributed by atoms with Crippen LogP contribution in [-0.2, 0) is 0 Å². The maximum Gasteiger partial charge on any atom is 0.132 e. The normalized spacial score (nSPS) is 15.3. The fourth-order valence-corrected chi connectivity index (χ4v) is 1.45. The minimum Gasteiger partial charge on any atom is -0.207 e. The summed E-state index contributed by atoms with van der Waals surface area (Å²) >= 11 is 5.83. The second kappa shape index (κ2) is 4.26. The van der Waals surface area contributed by atoms with Crippen LogP contribution in [0.5, 0.6) is 0 Å². The van der Waals surface area contributed by atoms with E-state index in [1.54, 1.807) is 20.8 Å². The number of rotatable bonds is 2. The van der Waals surface area contributed by atoms with E-state index < -0.39 is 11.6 Å². The van der Waals surface area contributed by atoms with Crippen molar-refractivity contribution >= 4 is 11.6 Å². The summed E-state index contributed by atoms with van der Waals surface area (Å²) in [6.07, 6.45) is 0. The van der Waals surface area contributed by atoms with Crippen LogP contribution >= 0.6 is 11.6 Å². The van der Waals surface area contributed by atoms with E-state index in [9.17, 15) is 8.78 Å². The van der Waals surface area contributed by atoms with Gasteiger partial charge in [0.15, 0.2) is 0 Å². The lowest BCUT2D eigenvalue weighted by atomic mass is 9.95. The molecule has 1 aromatic rings. The molecule has 0 nitrogen and oxygen atoms in total. The van der Waals surface area contributed by atoms with Crippen molar-refractivity contribution in [3.8, 4) is 0 Å². The number of aryl methyl sites for hydroxylation is 1. The first kappa shape index (κ1) is 11.4. The topological polar surface area (TPSA) is 0 Å². The van der Waals surface area contributed by atoms with E-state index in [1.807, 2.05) is 0 Å². The van der Waals surface area contributed by atoms with Crippen LogP contribution in [0.3, 0.4) is 0 Å². The van der Waals surface area contributed by atoms with E-state index >= 15 is 0 Å². The first-order chi connectivity index (χ1) is 6.45. The van der Waals surface area contributed by atoms with Gasteiger partial charge < -0.3 is 0 Å². The maximum atomic E-state index is 13.6. The SMILES string of the molecule is Cc1ccc(F)c(C(C)C(C)Cl)c1F. The van der Waals surface area contributed by atoms with Gasteiger partial charge in [-0.05, 0) is 25.5 Å². The Morgan fingerprint density at radius 3 is 2.29 bits per heavy atom. The summed E-state index contributed by atoms with van der Waals surface area (Å²) in [6.45, 7) is 5.07. The lowest BCUT2D eigenvalue weighted by Crippen LogP contribution is -2.10. The van der Waals surface area contributed by atoms with E-state index in [0.29, 0.717) is 5.56 Å². The second-order valence-corrected chi connectivity index (χ2v) is 4.25. The smallest absolute Gasteiger partial charge is 0.132 e. The van der Waals surface area contributed by atoms with E-state index in [1.165, 1.54) is 12.1 Å². The van der Waals surface area contributed by atoms with Crippen LogP contribution in [0.25, 0.3) is 0 Å². The third kappa shape index (κ3) is 2.06. The zero-order valence-corrected chi connectivity index (χ0v) is 9.20. The molecule has 0 fully saturated rings. The minimum atomic E-state index is -0.520. The molecule has 2 atom stereocenters. The fraction of sp³-hybridized carbons (Fsp3) is 0.455. The van der Waals surface area contributed by atoms with Crippen LogP contribution in [0.15, 0.2) is 12.1 Å². The van der Waals surface area contributed by atoms with Crippen molar-refractivity contribution in [2.75, 3.05) is 0 Å². The van der Waals surface area contributed by atoms with Crippen LogP contribution in [-0.4, -0.2) is 5.38 Å². The molecule has 2 unspecified atom stereocenters. The van der Waals surface area contributed by atoms with E-state index in [4.69, 9.17) is 11.6 Å². The Labute approximate surface area is 87.9 Å². The Kier molecular flexibility index (Phi) is 3.48. The zero-order chi connectivity index (χ0) is 10.9. The van der Waals surface area contributed by atoms with Crippen molar-refractivity contribution in [1.29, 1.82) is 0 Å². The average Bonchev–Trinajstić information content (AvgIpc) is 2.12. The Morgan fingerprint density at radius 2 is 1.79 bits per heavy atom. The highest BCUT2D eigenvalue weighted by Gasteiger charge is 2.21. The van der Waals surface area contributed by atoms with E-state index in [0.717, 1.165) is 0 Å². The second-order valence-electron chi connectivity index (χ2n) is 3.56. The summed E-state index contributed by atoms with van der Waals surface area (Å²) in [4.78, 5) is 0. The minimum absolute atomic E-state index is 0.0903. The molecule has 0 aromatic heterocycles. The summed E-state index contributed by atoms with van der Waals surface area (Å²) < 4.78 is 26.9. The van der Waals surface area contributed by atoms with Gasteiger partial charge in [-0.25, -0.2) is 8.78 Å². The third-order valence-corrected chi connectivity index (χ3v) is 2.84. The van der Waals surface area contributed by atoms with Gasteiger partial charge in [0.05, 0.1) is 0 Å². The lowest BCUT2D eigenvalue weighted by molar-refractivity contribution is 0.524. The van der Waals surface area contributed by atoms with Crippen LogP contribution < -0.4 is 0 Å². The van der Waals surface area contributed by atoms with Gasteiger partial charge in [0.2, 0.25) is 0 Å². The molecule has 14 heavy (non-hydrogen) atoms. The molecule has 3 heteroatoms. The van der Waals surface area contributed by atoms with Gasteiger partial charge in [-0.3, -0.25) is 0 Å². The predicted octanol–water partition coefficient (Wildman–Crippen LogP) is 4.00. The summed E-state index contributed by atoms with van der Waals surface area (Å²) in [5.41, 5.74) is 0.540. The molecule has 1 rings (SSSR count). The molecule has 1 aromatic carbocycles. The van der Waals surface area contributed by atoms with Gasteiger partial charge >= 0.3 is 0 Å². The number of alkyl halides is 1. The molecule has 0 radical (unpaired) electrons. The van der Waals surface area contributed by atoms with Crippen molar-refractivity contribution in [3.05, 3.63) is 34.9 Å². The van der Waals surface area contributed by atoms with Crippen LogP contribution in [0, 0.1) is 18.6 Å². The van der Waals surface area contributed by atoms with Crippen LogP contribution in [0.4, 0.5) is 8.78 Å². The summed E-state index contributed by atoms with van der Waals surface area (Å²) in [7, 11) is 0. The Hall–Kier alpha value is -0.630. The van der Waals surface area contributed by atoms with Crippen molar-refractivity contribution in [2.45, 2.75) is 32.1 Å². The van der Waals surface area contributed by atoms with Gasteiger partial charge in [-0.15, -0.1) is 11.6 Å². The predicted molar refractivity (Wildman–Crippen MR) is 54.8 cm³/mol. The molecule has 0 aliphatic rings. The molecule has 78 valence electrons. The number of hydrogen-bond donors (Lipinski definition) is 0. The molecule has 0 saturated carbocycles. The number of hydrogen-bond acceptors (Lipinski definition) is 0. The van der Waals surface area contributed by atoms with Crippen LogP contribution in [0.2, 0.25) is 0 Å². The first-order valence-electron chi connectivity index (χ1n) is 4.53. The lowest BCUT2D eigenvalue weighted by Gasteiger charge is -2.16. The van der Waals surface area contributed by atoms with Crippen molar-refractivity contribution in [1.82, 2.24) is 0 Å². The summed E-state index contributed by atoms with van der Waals surface area (Å²) in [5.74, 6) is -1.32. The molecule has 0 aliphatic heterocycles. The van der Waals surface area contributed by atoms with Crippen molar-refractivity contribution < 1.29 is 8.78 Å². The molecule has 0 bridgehead atoms. The number of benzene rings is 1. The highest BCUT2D eigenvalue weighted by atomic mass is 35.5. The maximum absolute atomic E-state index is 13.6. The molecule has 0 heterocycles. The molecule has 0 spiro atoms. The van der Waals surface area contributed by atoms with Gasteiger partial charge in [-0.2, -0.15) is 0 Å². The van der Waals surface area contributed by atoms with E-state index in [-0.39, 0.29) is 16.9 Å². The summed E-state index contributed by atoms with van der Waals surface area (Å²) in [5, 5.41) is -0.291. The third-order valence-electron chi connectivity index (χ3n) is 2.46. The Balaban J connectivity index is 3.25. The Bertz CT molecular complexity index is 334. The molecular weight excluding hydrogens is 206 g/mol. The Morgan fingerprint density at radius 1 is 1.21 bits per heavy atom. The molecule has 0 amide bonds. The zero-order valence-electron chi connectivity index (χ0n) is 8.44. The molecule has 0 N–H and O–H groups in total. The van der Waals surface area contributed by atoms with Gasteiger partial charge in [0, 0.05) is 16.9 Å². The fourth-order valence-electron chi connectivity index (χ4n) is 1.33. The quantitative estimate of drug-likeness (QED) is 0.658. The molecular formula is C11H13ClF2. The van der Waals surface area contributed by atoms with Gasteiger partial charge in [0.25, 0.3) is 0 Å². The van der Waals surface area contributed by atoms with Gasteiger partial charge in [0.1, 0.15) is 11.6 Å². The standard InChI is InChI=1S/C11H13ClF2/c1-6-4-5-9(13)10(11(6)14)7(2)8(3)12/h4-5,7-8H,1-3H3. The largest absolute Gasteiger partial charge is 0.207 e. The summed E-state index contributed by atoms with van der Waals surface area (Å²) in [6, 6.07) is 2.71. The highest BCUT2D eigenvalue weighted by Crippen LogP contribution is 2.29. The molecule has 0 saturated heterocycles. The monoisotopic (exact) mass is 218 g/mol. The van der Waals surface area contributed by atoms with E-state index in [2.05, 4.69) is 0 Å². The first-order valence-corrected chi connectivity index (χ1v) is 4.97.